The number of carbonyl (C=O) groups excluding carboxylic acids is 1. The zero-order valence-corrected chi connectivity index (χ0v) is 10.6. The highest BCUT2D eigenvalue weighted by Crippen LogP contribution is 2.32. The lowest BCUT2D eigenvalue weighted by Gasteiger charge is -2.24. The Balaban J connectivity index is 2.32. The first kappa shape index (κ1) is 10.9. The van der Waals surface area contributed by atoms with Crippen LogP contribution in [0.5, 0.6) is 0 Å². The van der Waals surface area contributed by atoms with Crippen LogP contribution in [0.2, 0.25) is 0 Å². The molecule has 1 fully saturated rings. The number of Topliss-reactive ketones (excluding diaryl/α,β-unsaturated/α-hetero) is 1. The van der Waals surface area contributed by atoms with E-state index >= 15 is 0 Å². The van der Waals surface area contributed by atoms with Crippen molar-refractivity contribution in [3.8, 4) is 0 Å². The molecule has 0 atom stereocenters. The number of rotatable bonds is 3. The molecule has 0 amide bonds. The lowest BCUT2D eigenvalue weighted by Crippen LogP contribution is -2.25. The zero-order valence-electron chi connectivity index (χ0n) is 9.03. The molecule has 1 aromatic heterocycles. The van der Waals surface area contributed by atoms with Crippen LogP contribution in [0.3, 0.4) is 0 Å². The maximum atomic E-state index is 12.1. The fraction of sp³-hybridized carbons (Fsp3) is 0.636. The molecule has 3 nitrogen and oxygen atoms in total. The van der Waals surface area contributed by atoms with Crippen LogP contribution in [0, 0.1) is 5.92 Å². The van der Waals surface area contributed by atoms with Crippen molar-refractivity contribution in [2.45, 2.75) is 39.2 Å². The first-order valence-electron chi connectivity index (χ1n) is 5.38. The minimum absolute atomic E-state index is 0.232. The van der Waals surface area contributed by atoms with Gasteiger partial charge in [-0.05, 0) is 42.6 Å². The lowest BCUT2D eigenvalue weighted by atomic mass is 9.81. The number of ketones is 1. The molecule has 2 rings (SSSR count). The van der Waals surface area contributed by atoms with Crippen molar-refractivity contribution < 1.29 is 4.79 Å². The predicted molar refractivity (Wildman–Crippen MR) is 62.0 cm³/mol. The van der Waals surface area contributed by atoms with Crippen LogP contribution < -0.4 is 0 Å². The Bertz CT molecular complexity index is 380. The summed E-state index contributed by atoms with van der Waals surface area (Å²) in [5.74, 6) is 0.481. The summed E-state index contributed by atoms with van der Waals surface area (Å²) in [4.78, 5) is 12.1. The molecule has 1 aliphatic carbocycles. The smallest absolute Gasteiger partial charge is 0.185 e. The second kappa shape index (κ2) is 4.08. The summed E-state index contributed by atoms with van der Waals surface area (Å²) in [5.41, 5.74) is 0.745. The van der Waals surface area contributed by atoms with Gasteiger partial charge in [-0.3, -0.25) is 9.48 Å². The number of hydrogen-bond donors (Lipinski definition) is 0. The van der Waals surface area contributed by atoms with Gasteiger partial charge in [-0.25, -0.2) is 0 Å². The van der Waals surface area contributed by atoms with E-state index in [2.05, 4.69) is 21.0 Å². The molecule has 0 aromatic carbocycles. The summed E-state index contributed by atoms with van der Waals surface area (Å²) < 4.78 is 2.64. The average molecular weight is 271 g/mol. The van der Waals surface area contributed by atoms with Gasteiger partial charge in [0.25, 0.3) is 0 Å². The van der Waals surface area contributed by atoms with Gasteiger partial charge in [0.1, 0.15) is 5.69 Å². The fourth-order valence-electron chi connectivity index (χ4n) is 1.83. The van der Waals surface area contributed by atoms with E-state index in [-0.39, 0.29) is 17.7 Å². The summed E-state index contributed by atoms with van der Waals surface area (Å²) in [6, 6.07) is 0.232. The second-order valence-electron chi connectivity index (χ2n) is 4.37. The molecule has 0 spiro atoms. The normalized spacial score (nSPS) is 16.8. The van der Waals surface area contributed by atoms with Gasteiger partial charge in [0.2, 0.25) is 0 Å². The minimum atomic E-state index is 0.232. The molecule has 0 radical (unpaired) electrons. The van der Waals surface area contributed by atoms with E-state index in [1.165, 1.54) is 6.42 Å². The Morgan fingerprint density at radius 3 is 2.73 bits per heavy atom. The van der Waals surface area contributed by atoms with Gasteiger partial charge in [-0.1, -0.05) is 6.42 Å². The zero-order chi connectivity index (χ0) is 11.0. The molecule has 0 saturated heterocycles. The van der Waals surface area contributed by atoms with E-state index in [0.29, 0.717) is 0 Å². The molecular weight excluding hydrogens is 256 g/mol. The monoisotopic (exact) mass is 270 g/mol. The molecule has 0 unspecified atom stereocenters. The molecule has 1 aliphatic rings. The summed E-state index contributed by atoms with van der Waals surface area (Å²) in [5, 5.41) is 4.23. The molecule has 1 aromatic rings. The van der Waals surface area contributed by atoms with Crippen molar-refractivity contribution in [2.24, 2.45) is 5.92 Å². The number of hydrogen-bond acceptors (Lipinski definition) is 2. The third-order valence-corrected chi connectivity index (χ3v) is 3.53. The molecule has 15 heavy (non-hydrogen) atoms. The molecule has 82 valence electrons. The third-order valence-electron chi connectivity index (χ3n) is 2.95. The highest BCUT2D eigenvalue weighted by atomic mass is 79.9. The van der Waals surface area contributed by atoms with Crippen LogP contribution in [0.15, 0.2) is 10.7 Å². The van der Waals surface area contributed by atoms with Crippen LogP contribution in [0.1, 0.15) is 49.6 Å². The van der Waals surface area contributed by atoms with E-state index in [1.54, 1.807) is 6.20 Å². The Labute approximate surface area is 98.0 Å². The molecule has 0 bridgehead atoms. The van der Waals surface area contributed by atoms with Crippen molar-refractivity contribution in [1.29, 1.82) is 0 Å². The maximum absolute atomic E-state index is 12.1. The predicted octanol–water partition coefficient (Wildman–Crippen LogP) is 3.21. The topological polar surface area (TPSA) is 34.9 Å². The van der Waals surface area contributed by atoms with Gasteiger partial charge in [0.05, 0.1) is 10.7 Å². The van der Waals surface area contributed by atoms with Gasteiger partial charge < -0.3 is 0 Å². The third kappa shape index (κ3) is 1.87. The molecule has 0 N–H and O–H groups in total. The molecule has 0 aliphatic heterocycles. The van der Waals surface area contributed by atoms with Crippen LogP contribution in [0.4, 0.5) is 0 Å². The van der Waals surface area contributed by atoms with Gasteiger partial charge in [-0.15, -0.1) is 0 Å². The SMILES string of the molecule is CC(C)n1ncc(Br)c1C(=O)C1CCC1. The number of nitrogens with zero attached hydrogens (tertiary/aromatic N) is 2. The van der Waals surface area contributed by atoms with Crippen molar-refractivity contribution in [1.82, 2.24) is 9.78 Å². The van der Waals surface area contributed by atoms with Gasteiger partial charge in [0.15, 0.2) is 5.78 Å². The first-order chi connectivity index (χ1) is 7.11. The Kier molecular flexibility index (Phi) is 2.96. The average Bonchev–Trinajstić information content (AvgIpc) is 2.43. The quantitative estimate of drug-likeness (QED) is 0.791. The minimum Gasteiger partial charge on any atom is -0.292 e. The summed E-state index contributed by atoms with van der Waals surface area (Å²) in [6.07, 6.45) is 4.97. The molecule has 4 heteroatoms. The van der Waals surface area contributed by atoms with Crippen LogP contribution in [-0.4, -0.2) is 15.6 Å². The second-order valence-corrected chi connectivity index (χ2v) is 5.23. The van der Waals surface area contributed by atoms with E-state index in [9.17, 15) is 4.79 Å². The van der Waals surface area contributed by atoms with E-state index in [1.807, 2.05) is 18.5 Å². The Morgan fingerprint density at radius 2 is 2.27 bits per heavy atom. The van der Waals surface area contributed by atoms with E-state index in [4.69, 9.17) is 0 Å². The molecular formula is C11H15BrN2O. The molecule has 1 heterocycles. The summed E-state index contributed by atoms with van der Waals surface area (Å²) >= 11 is 3.40. The number of carbonyl (C=O) groups is 1. The van der Waals surface area contributed by atoms with Crippen LogP contribution >= 0.6 is 15.9 Å². The van der Waals surface area contributed by atoms with Crippen LogP contribution in [-0.2, 0) is 0 Å². The lowest BCUT2D eigenvalue weighted by molar-refractivity contribution is 0.0841. The van der Waals surface area contributed by atoms with Gasteiger partial charge >= 0.3 is 0 Å². The van der Waals surface area contributed by atoms with Crippen molar-refractivity contribution >= 4 is 21.7 Å². The largest absolute Gasteiger partial charge is 0.292 e. The van der Waals surface area contributed by atoms with E-state index in [0.717, 1.165) is 23.0 Å². The first-order valence-corrected chi connectivity index (χ1v) is 6.17. The Morgan fingerprint density at radius 1 is 1.60 bits per heavy atom. The van der Waals surface area contributed by atoms with Crippen molar-refractivity contribution in [2.75, 3.05) is 0 Å². The Hall–Kier alpha value is -0.640. The molecule has 1 saturated carbocycles. The standard InChI is InChI=1S/C11H15BrN2O/c1-7(2)14-10(9(12)6-13-14)11(15)8-4-3-5-8/h6-8H,3-5H2,1-2H3. The highest BCUT2D eigenvalue weighted by molar-refractivity contribution is 9.10. The van der Waals surface area contributed by atoms with Crippen molar-refractivity contribution in [3.05, 3.63) is 16.4 Å². The van der Waals surface area contributed by atoms with Crippen molar-refractivity contribution in [3.63, 3.8) is 0 Å². The van der Waals surface area contributed by atoms with Crippen LogP contribution in [0.25, 0.3) is 0 Å². The number of aromatic nitrogens is 2. The maximum Gasteiger partial charge on any atom is 0.185 e. The summed E-state index contributed by atoms with van der Waals surface area (Å²) in [6.45, 7) is 4.08. The van der Waals surface area contributed by atoms with Gasteiger partial charge in [-0.2, -0.15) is 5.10 Å². The van der Waals surface area contributed by atoms with Gasteiger partial charge in [0, 0.05) is 12.0 Å². The number of halogens is 1. The highest BCUT2D eigenvalue weighted by Gasteiger charge is 2.30. The van der Waals surface area contributed by atoms with E-state index < -0.39 is 0 Å². The fourth-order valence-corrected chi connectivity index (χ4v) is 2.30. The summed E-state index contributed by atoms with van der Waals surface area (Å²) in [7, 11) is 0.